The molecular weight excluding hydrogens is 262 g/mol. The third-order valence-electron chi connectivity index (χ3n) is 3.30. The van der Waals surface area contributed by atoms with E-state index in [1.165, 1.54) is 0 Å². The van der Waals surface area contributed by atoms with Gasteiger partial charge in [-0.15, -0.1) is 0 Å². The summed E-state index contributed by atoms with van der Waals surface area (Å²) < 4.78 is 5.93. The van der Waals surface area contributed by atoms with Gasteiger partial charge in [-0.05, 0) is 34.7 Å². The molecule has 21 heavy (non-hydrogen) atoms. The van der Waals surface area contributed by atoms with E-state index in [1.807, 2.05) is 30.3 Å². The predicted octanol–water partition coefficient (Wildman–Crippen LogP) is 3.66. The van der Waals surface area contributed by atoms with Crippen LogP contribution in [0.5, 0.6) is 5.75 Å². The molecule has 0 heterocycles. The summed E-state index contributed by atoms with van der Waals surface area (Å²) in [5, 5.41) is 0. The van der Waals surface area contributed by atoms with Crippen LogP contribution in [-0.4, -0.2) is 5.91 Å². The maximum Gasteiger partial charge on any atom is 0.248 e. The van der Waals surface area contributed by atoms with Crippen molar-refractivity contribution in [2.45, 2.75) is 32.8 Å². The highest BCUT2D eigenvalue weighted by atomic mass is 16.5. The number of hydrogen-bond acceptors (Lipinski definition) is 2. The predicted molar refractivity (Wildman–Crippen MR) is 84.4 cm³/mol. The first kappa shape index (κ1) is 15.1. The molecule has 0 aliphatic carbocycles. The summed E-state index contributed by atoms with van der Waals surface area (Å²) in [4.78, 5) is 11.2. The van der Waals surface area contributed by atoms with Crippen LogP contribution in [0.25, 0.3) is 0 Å². The minimum Gasteiger partial charge on any atom is -0.489 e. The maximum absolute atomic E-state index is 11.2. The molecule has 110 valence electrons. The number of benzene rings is 2. The van der Waals surface area contributed by atoms with E-state index in [2.05, 4.69) is 26.8 Å². The van der Waals surface area contributed by atoms with Gasteiger partial charge in [-0.3, -0.25) is 4.79 Å². The second-order valence-electron chi connectivity index (χ2n) is 6.10. The number of para-hydroxylation sites is 1. The first-order valence-electron chi connectivity index (χ1n) is 6.99. The lowest BCUT2D eigenvalue weighted by Gasteiger charge is -2.22. The van der Waals surface area contributed by atoms with Gasteiger partial charge in [0.1, 0.15) is 12.4 Å². The lowest BCUT2D eigenvalue weighted by Crippen LogP contribution is -2.13. The zero-order valence-electron chi connectivity index (χ0n) is 12.7. The molecule has 3 nitrogen and oxygen atoms in total. The van der Waals surface area contributed by atoms with Gasteiger partial charge in [-0.2, -0.15) is 0 Å². The SMILES string of the molecule is CC(C)(C)c1ccccc1OCc1cccc(C(N)=O)c1. The van der Waals surface area contributed by atoms with Gasteiger partial charge in [0.15, 0.2) is 0 Å². The second kappa shape index (κ2) is 6.00. The topological polar surface area (TPSA) is 52.3 Å². The van der Waals surface area contributed by atoms with Crippen LogP contribution in [0.15, 0.2) is 48.5 Å². The number of rotatable bonds is 4. The van der Waals surface area contributed by atoms with E-state index in [0.29, 0.717) is 12.2 Å². The Morgan fingerprint density at radius 1 is 1.10 bits per heavy atom. The highest BCUT2D eigenvalue weighted by Crippen LogP contribution is 2.31. The van der Waals surface area contributed by atoms with Gasteiger partial charge in [-0.1, -0.05) is 51.1 Å². The Hall–Kier alpha value is -2.29. The quantitative estimate of drug-likeness (QED) is 0.931. The van der Waals surface area contributed by atoms with Gasteiger partial charge < -0.3 is 10.5 Å². The number of carbonyl (C=O) groups excluding carboxylic acids is 1. The summed E-state index contributed by atoms with van der Waals surface area (Å²) in [6.07, 6.45) is 0. The Bertz CT molecular complexity index is 642. The van der Waals surface area contributed by atoms with E-state index < -0.39 is 5.91 Å². The number of primary amides is 1. The van der Waals surface area contributed by atoms with Crippen LogP contribution in [0.1, 0.15) is 42.3 Å². The summed E-state index contributed by atoms with van der Waals surface area (Å²) in [6, 6.07) is 15.2. The van der Waals surface area contributed by atoms with Crippen molar-refractivity contribution >= 4 is 5.91 Å². The van der Waals surface area contributed by atoms with E-state index in [-0.39, 0.29) is 5.41 Å². The Balaban J connectivity index is 2.17. The van der Waals surface area contributed by atoms with Crippen LogP contribution < -0.4 is 10.5 Å². The van der Waals surface area contributed by atoms with Gasteiger partial charge in [0.05, 0.1) is 0 Å². The van der Waals surface area contributed by atoms with E-state index in [9.17, 15) is 4.79 Å². The minimum atomic E-state index is -0.424. The van der Waals surface area contributed by atoms with Crippen molar-refractivity contribution in [3.05, 3.63) is 65.2 Å². The maximum atomic E-state index is 11.2. The molecule has 0 aromatic heterocycles. The highest BCUT2D eigenvalue weighted by molar-refractivity contribution is 5.92. The first-order chi connectivity index (χ1) is 9.88. The van der Waals surface area contributed by atoms with E-state index >= 15 is 0 Å². The first-order valence-corrected chi connectivity index (χ1v) is 6.99. The largest absolute Gasteiger partial charge is 0.489 e. The summed E-state index contributed by atoms with van der Waals surface area (Å²) in [5.74, 6) is 0.446. The minimum absolute atomic E-state index is 0.0195. The standard InChI is InChI=1S/C18H21NO2/c1-18(2,3)15-9-4-5-10-16(15)21-12-13-7-6-8-14(11-13)17(19)20/h4-11H,12H2,1-3H3,(H2,19,20). The zero-order chi connectivity index (χ0) is 15.5. The smallest absolute Gasteiger partial charge is 0.248 e. The van der Waals surface area contributed by atoms with Crippen LogP contribution in [0.4, 0.5) is 0 Å². The molecule has 0 radical (unpaired) electrons. The molecule has 2 rings (SSSR count). The number of ether oxygens (including phenoxy) is 1. The number of nitrogens with two attached hydrogens (primary N) is 1. The van der Waals surface area contributed by atoms with Crippen molar-refractivity contribution < 1.29 is 9.53 Å². The Morgan fingerprint density at radius 3 is 2.48 bits per heavy atom. The van der Waals surface area contributed by atoms with Gasteiger partial charge in [0, 0.05) is 5.56 Å². The van der Waals surface area contributed by atoms with Crippen molar-refractivity contribution in [1.29, 1.82) is 0 Å². The highest BCUT2D eigenvalue weighted by Gasteiger charge is 2.18. The van der Waals surface area contributed by atoms with E-state index in [4.69, 9.17) is 10.5 Å². The summed E-state index contributed by atoms with van der Waals surface area (Å²) in [7, 11) is 0. The summed E-state index contributed by atoms with van der Waals surface area (Å²) >= 11 is 0. The zero-order valence-corrected chi connectivity index (χ0v) is 12.7. The van der Waals surface area contributed by atoms with Crippen LogP contribution in [0, 0.1) is 0 Å². The fourth-order valence-electron chi connectivity index (χ4n) is 2.19. The van der Waals surface area contributed by atoms with Gasteiger partial charge >= 0.3 is 0 Å². The van der Waals surface area contributed by atoms with Gasteiger partial charge in [0.2, 0.25) is 5.91 Å². The summed E-state index contributed by atoms with van der Waals surface area (Å²) in [6.45, 7) is 6.88. The van der Waals surface area contributed by atoms with Crippen LogP contribution in [0.2, 0.25) is 0 Å². The van der Waals surface area contributed by atoms with Crippen molar-refractivity contribution in [1.82, 2.24) is 0 Å². The molecule has 2 aromatic rings. The number of hydrogen-bond donors (Lipinski definition) is 1. The van der Waals surface area contributed by atoms with E-state index in [0.717, 1.165) is 16.9 Å². The molecule has 0 saturated heterocycles. The molecule has 0 aliphatic heterocycles. The normalized spacial score (nSPS) is 11.2. The molecule has 0 bridgehead atoms. The Morgan fingerprint density at radius 2 is 1.81 bits per heavy atom. The third kappa shape index (κ3) is 3.85. The molecule has 1 amide bonds. The Labute approximate surface area is 125 Å². The second-order valence-corrected chi connectivity index (χ2v) is 6.10. The lowest BCUT2D eigenvalue weighted by molar-refractivity contribution is 0.1000. The van der Waals surface area contributed by atoms with Crippen LogP contribution in [0.3, 0.4) is 0 Å². The lowest BCUT2D eigenvalue weighted by atomic mass is 9.86. The van der Waals surface area contributed by atoms with Gasteiger partial charge in [0.25, 0.3) is 0 Å². The fraction of sp³-hybridized carbons (Fsp3) is 0.278. The fourth-order valence-corrected chi connectivity index (χ4v) is 2.19. The molecule has 0 unspecified atom stereocenters. The van der Waals surface area contributed by atoms with Crippen LogP contribution >= 0.6 is 0 Å². The number of carbonyl (C=O) groups is 1. The molecule has 2 N–H and O–H groups in total. The molecule has 0 aliphatic rings. The van der Waals surface area contributed by atoms with Crippen molar-refractivity contribution in [3.8, 4) is 5.75 Å². The third-order valence-corrected chi connectivity index (χ3v) is 3.30. The monoisotopic (exact) mass is 283 g/mol. The van der Waals surface area contributed by atoms with Crippen molar-refractivity contribution in [3.63, 3.8) is 0 Å². The van der Waals surface area contributed by atoms with Crippen molar-refractivity contribution in [2.24, 2.45) is 5.73 Å². The molecule has 0 atom stereocenters. The van der Waals surface area contributed by atoms with Gasteiger partial charge in [-0.25, -0.2) is 0 Å². The molecule has 3 heteroatoms. The van der Waals surface area contributed by atoms with Crippen LogP contribution in [-0.2, 0) is 12.0 Å². The van der Waals surface area contributed by atoms with Crippen molar-refractivity contribution in [2.75, 3.05) is 0 Å². The Kier molecular flexibility index (Phi) is 4.32. The molecule has 2 aromatic carbocycles. The van der Waals surface area contributed by atoms with E-state index in [1.54, 1.807) is 12.1 Å². The molecule has 0 saturated carbocycles. The number of amides is 1. The average Bonchev–Trinajstić information content (AvgIpc) is 2.45. The average molecular weight is 283 g/mol. The molecule has 0 spiro atoms. The molecular formula is C18H21NO2. The molecule has 0 fully saturated rings. The summed E-state index contributed by atoms with van der Waals surface area (Å²) in [5.41, 5.74) is 7.90.